The van der Waals surface area contributed by atoms with Crippen LogP contribution in [0.2, 0.25) is 0 Å². The predicted octanol–water partition coefficient (Wildman–Crippen LogP) is 1.44. The molecule has 0 spiro atoms. The summed E-state index contributed by atoms with van der Waals surface area (Å²) in [7, 11) is 2.01. The number of hydrogen-bond acceptors (Lipinski definition) is 3. The van der Waals surface area contributed by atoms with Gasteiger partial charge in [0.15, 0.2) is 0 Å². The Bertz CT molecular complexity index is 400. The van der Waals surface area contributed by atoms with Crippen molar-refractivity contribution in [1.82, 2.24) is 20.0 Å². The lowest BCUT2D eigenvalue weighted by Gasteiger charge is -2.32. The van der Waals surface area contributed by atoms with Crippen LogP contribution in [0.3, 0.4) is 0 Å². The van der Waals surface area contributed by atoms with Gasteiger partial charge in [0.05, 0.1) is 6.20 Å². The van der Waals surface area contributed by atoms with Crippen LogP contribution in [-0.4, -0.2) is 39.9 Å². The molecule has 1 aromatic heterocycles. The van der Waals surface area contributed by atoms with Crippen LogP contribution in [0.4, 0.5) is 0 Å². The van der Waals surface area contributed by atoms with Gasteiger partial charge in [-0.15, -0.1) is 0 Å². The van der Waals surface area contributed by atoms with Gasteiger partial charge in [0, 0.05) is 36.9 Å². The Kier molecular flexibility index (Phi) is 3.39. The third-order valence-corrected chi connectivity index (χ3v) is 4.51. The minimum Gasteiger partial charge on any atom is -0.310 e. The SMILES string of the molecule is Cc1c(CNC2CCN(C3CC3)CC2)cnn1C. The molecule has 1 aliphatic carbocycles. The molecule has 0 bridgehead atoms. The Hall–Kier alpha value is -0.870. The average molecular weight is 248 g/mol. The van der Waals surface area contributed by atoms with E-state index in [0.717, 1.165) is 12.6 Å². The lowest BCUT2D eigenvalue weighted by molar-refractivity contribution is 0.189. The summed E-state index contributed by atoms with van der Waals surface area (Å²) in [4.78, 5) is 2.67. The zero-order valence-electron chi connectivity index (χ0n) is 11.5. The molecule has 0 aromatic carbocycles. The summed E-state index contributed by atoms with van der Waals surface area (Å²) in [5, 5.41) is 7.98. The smallest absolute Gasteiger partial charge is 0.0537 e. The fourth-order valence-electron chi connectivity index (χ4n) is 2.88. The number of piperidine rings is 1. The lowest BCUT2D eigenvalue weighted by Crippen LogP contribution is -2.43. The summed E-state index contributed by atoms with van der Waals surface area (Å²) >= 11 is 0. The molecule has 100 valence electrons. The van der Waals surface area contributed by atoms with Gasteiger partial charge in [-0.3, -0.25) is 4.68 Å². The number of nitrogens with zero attached hydrogens (tertiary/aromatic N) is 3. The van der Waals surface area contributed by atoms with Crippen LogP contribution in [0.5, 0.6) is 0 Å². The molecule has 4 heteroatoms. The van der Waals surface area contributed by atoms with Crippen molar-refractivity contribution in [3.63, 3.8) is 0 Å². The second-order valence-electron chi connectivity index (χ2n) is 5.80. The van der Waals surface area contributed by atoms with E-state index in [0.29, 0.717) is 6.04 Å². The molecule has 1 saturated carbocycles. The van der Waals surface area contributed by atoms with E-state index in [1.165, 1.54) is 50.0 Å². The van der Waals surface area contributed by atoms with E-state index in [-0.39, 0.29) is 0 Å². The molecule has 2 heterocycles. The number of hydrogen-bond donors (Lipinski definition) is 1. The second-order valence-corrected chi connectivity index (χ2v) is 5.80. The first kappa shape index (κ1) is 12.2. The zero-order chi connectivity index (χ0) is 12.5. The minimum absolute atomic E-state index is 0.694. The van der Waals surface area contributed by atoms with Gasteiger partial charge in [-0.25, -0.2) is 0 Å². The van der Waals surface area contributed by atoms with E-state index in [1.54, 1.807) is 0 Å². The highest BCUT2D eigenvalue weighted by Crippen LogP contribution is 2.29. The Balaban J connectivity index is 1.45. The van der Waals surface area contributed by atoms with Crippen LogP contribution in [0.1, 0.15) is 36.9 Å². The van der Waals surface area contributed by atoms with E-state index in [2.05, 4.69) is 22.2 Å². The molecule has 0 atom stereocenters. The third kappa shape index (κ3) is 2.59. The van der Waals surface area contributed by atoms with Gasteiger partial charge in [0.2, 0.25) is 0 Å². The van der Waals surface area contributed by atoms with E-state index >= 15 is 0 Å². The molecule has 4 nitrogen and oxygen atoms in total. The normalized spacial score (nSPS) is 22.6. The number of aryl methyl sites for hydroxylation is 1. The van der Waals surface area contributed by atoms with Crippen molar-refractivity contribution >= 4 is 0 Å². The summed E-state index contributed by atoms with van der Waals surface area (Å²) in [6.45, 7) is 5.68. The molecule has 2 aliphatic rings. The molecule has 1 aliphatic heterocycles. The molecule has 0 radical (unpaired) electrons. The van der Waals surface area contributed by atoms with E-state index in [4.69, 9.17) is 0 Å². The van der Waals surface area contributed by atoms with Gasteiger partial charge in [-0.1, -0.05) is 0 Å². The quantitative estimate of drug-likeness (QED) is 0.875. The van der Waals surface area contributed by atoms with Crippen molar-refractivity contribution in [3.05, 3.63) is 17.5 Å². The largest absolute Gasteiger partial charge is 0.310 e. The highest BCUT2D eigenvalue weighted by Gasteiger charge is 2.31. The maximum Gasteiger partial charge on any atom is 0.0537 e. The molecule has 0 unspecified atom stereocenters. The van der Waals surface area contributed by atoms with Crippen molar-refractivity contribution in [1.29, 1.82) is 0 Å². The van der Waals surface area contributed by atoms with Gasteiger partial charge in [-0.2, -0.15) is 5.10 Å². The van der Waals surface area contributed by atoms with Crippen LogP contribution < -0.4 is 5.32 Å². The van der Waals surface area contributed by atoms with E-state index < -0.39 is 0 Å². The van der Waals surface area contributed by atoms with Gasteiger partial charge < -0.3 is 10.2 Å². The molecule has 1 aromatic rings. The van der Waals surface area contributed by atoms with Crippen LogP contribution in [0.15, 0.2) is 6.20 Å². The molecule has 1 N–H and O–H groups in total. The maximum atomic E-state index is 4.29. The number of aromatic nitrogens is 2. The standard InChI is InChI=1S/C14H24N4/c1-11-12(10-16-17(11)2)9-15-13-5-7-18(8-6-13)14-3-4-14/h10,13-15H,3-9H2,1-2H3. The van der Waals surface area contributed by atoms with Crippen molar-refractivity contribution in [2.45, 2.75) is 51.2 Å². The van der Waals surface area contributed by atoms with Gasteiger partial charge in [0.25, 0.3) is 0 Å². The second kappa shape index (κ2) is 5.02. The molecule has 2 fully saturated rings. The van der Waals surface area contributed by atoms with Crippen molar-refractivity contribution < 1.29 is 0 Å². The Morgan fingerprint density at radius 2 is 2.00 bits per heavy atom. The van der Waals surface area contributed by atoms with Crippen LogP contribution >= 0.6 is 0 Å². The highest BCUT2D eigenvalue weighted by molar-refractivity contribution is 5.15. The van der Waals surface area contributed by atoms with Gasteiger partial charge >= 0.3 is 0 Å². The Labute approximate surface area is 109 Å². The van der Waals surface area contributed by atoms with Gasteiger partial charge in [0.1, 0.15) is 0 Å². The van der Waals surface area contributed by atoms with Crippen molar-refractivity contribution in [2.24, 2.45) is 7.05 Å². The molecule has 18 heavy (non-hydrogen) atoms. The monoisotopic (exact) mass is 248 g/mol. The minimum atomic E-state index is 0.694. The van der Waals surface area contributed by atoms with Crippen LogP contribution in [-0.2, 0) is 13.6 Å². The van der Waals surface area contributed by atoms with Crippen molar-refractivity contribution in [3.8, 4) is 0 Å². The molecule has 3 rings (SSSR count). The van der Waals surface area contributed by atoms with E-state index in [9.17, 15) is 0 Å². The topological polar surface area (TPSA) is 33.1 Å². The first-order chi connectivity index (χ1) is 8.74. The maximum absolute atomic E-state index is 4.29. The van der Waals surface area contributed by atoms with Crippen LogP contribution in [0, 0.1) is 6.92 Å². The fraction of sp³-hybridized carbons (Fsp3) is 0.786. The fourth-order valence-corrected chi connectivity index (χ4v) is 2.88. The number of likely N-dealkylation sites (tertiary alicyclic amines) is 1. The lowest BCUT2D eigenvalue weighted by atomic mass is 10.0. The Morgan fingerprint density at radius 1 is 1.28 bits per heavy atom. The summed E-state index contributed by atoms with van der Waals surface area (Å²) < 4.78 is 1.95. The van der Waals surface area contributed by atoms with E-state index in [1.807, 2.05) is 17.9 Å². The predicted molar refractivity (Wildman–Crippen MR) is 72.4 cm³/mol. The molecule has 0 amide bonds. The average Bonchev–Trinajstić information content (AvgIpc) is 3.18. The van der Waals surface area contributed by atoms with Crippen molar-refractivity contribution in [2.75, 3.05) is 13.1 Å². The van der Waals surface area contributed by atoms with Crippen LogP contribution in [0.25, 0.3) is 0 Å². The molecule has 1 saturated heterocycles. The number of nitrogens with one attached hydrogen (secondary N) is 1. The number of rotatable bonds is 4. The first-order valence-electron chi connectivity index (χ1n) is 7.19. The molecular formula is C14H24N4. The zero-order valence-corrected chi connectivity index (χ0v) is 11.5. The Morgan fingerprint density at radius 3 is 2.56 bits per heavy atom. The summed E-state index contributed by atoms with van der Waals surface area (Å²) in [5.41, 5.74) is 2.61. The molecular weight excluding hydrogens is 224 g/mol. The third-order valence-electron chi connectivity index (χ3n) is 4.51. The first-order valence-corrected chi connectivity index (χ1v) is 7.19. The van der Waals surface area contributed by atoms with Gasteiger partial charge in [-0.05, 0) is 45.7 Å². The highest BCUT2D eigenvalue weighted by atomic mass is 15.3. The summed E-state index contributed by atoms with van der Waals surface area (Å²) in [6, 6.07) is 1.63. The summed E-state index contributed by atoms with van der Waals surface area (Å²) in [5.74, 6) is 0. The summed E-state index contributed by atoms with van der Waals surface area (Å²) in [6.07, 6.45) is 7.47.